The average Bonchev–Trinajstić information content (AvgIpc) is 3.29. The highest BCUT2D eigenvalue weighted by Gasteiger charge is 2.13. The molecule has 0 aromatic heterocycles. The Kier molecular flexibility index (Phi) is 10.6. The Morgan fingerprint density at radius 1 is 0.322 bits per heavy atom. The van der Waals surface area contributed by atoms with E-state index in [4.69, 9.17) is 4.74 Å². The Bertz CT molecular complexity index is 2880. The van der Waals surface area contributed by atoms with Gasteiger partial charge in [-0.2, -0.15) is 0 Å². The van der Waals surface area contributed by atoms with Gasteiger partial charge in [0.25, 0.3) is 0 Å². The van der Waals surface area contributed by atoms with Crippen LogP contribution in [0.5, 0.6) is 5.75 Å². The van der Waals surface area contributed by atoms with Crippen molar-refractivity contribution in [3.63, 3.8) is 0 Å². The van der Waals surface area contributed by atoms with Gasteiger partial charge in [0, 0.05) is 34.1 Å². The molecule has 9 rings (SSSR count). The first-order valence-corrected chi connectivity index (χ1v) is 20.0. The third kappa shape index (κ3) is 8.41. The van der Waals surface area contributed by atoms with E-state index >= 15 is 0 Å². The van der Waals surface area contributed by atoms with Crippen LogP contribution in [0.4, 0.5) is 34.1 Å². The maximum absolute atomic E-state index is 5.40. The number of methoxy groups -OCH3 is 1. The van der Waals surface area contributed by atoms with Gasteiger partial charge in [-0.25, -0.2) is 0 Å². The molecular weight excluding hydrogens is 717 g/mol. The quantitative estimate of drug-likeness (QED) is 0.0964. The van der Waals surface area contributed by atoms with E-state index in [0.29, 0.717) is 0 Å². The number of benzene rings is 9. The molecule has 284 valence electrons. The summed E-state index contributed by atoms with van der Waals surface area (Å²) in [5.74, 6) is 0.839. The Labute approximate surface area is 347 Å². The molecule has 0 aliphatic carbocycles. The summed E-state index contributed by atoms with van der Waals surface area (Å²) in [6.45, 7) is 2.12. The standard InChI is InChI=1S/C56H44N2O/c1-41-13-27-52(28-14-41)57(50-9-5-3-6-10-50)53-29-21-42(22-30-53)15-17-44-19-25-46-40-49-38-45(20-26-47(49)39-48(46)37-44)18-16-43-23-31-54(32-24-43)58(51-11-7-4-8-12-51)55-33-35-56(59-2)36-34-55/h3-40H,1-2H3/b17-15-,18-16-. The zero-order valence-electron chi connectivity index (χ0n) is 33.2. The fourth-order valence-corrected chi connectivity index (χ4v) is 7.57. The third-order valence-electron chi connectivity index (χ3n) is 10.7. The normalized spacial score (nSPS) is 11.4. The van der Waals surface area contributed by atoms with Gasteiger partial charge in [0.15, 0.2) is 0 Å². The number of fused-ring (bicyclic) bond motifs is 2. The number of rotatable bonds is 11. The molecule has 0 aliphatic heterocycles. The van der Waals surface area contributed by atoms with Crippen LogP contribution in [0.2, 0.25) is 0 Å². The van der Waals surface area contributed by atoms with Crippen molar-refractivity contribution in [1.82, 2.24) is 0 Å². The Morgan fingerprint density at radius 2 is 0.661 bits per heavy atom. The molecule has 59 heavy (non-hydrogen) atoms. The van der Waals surface area contributed by atoms with Crippen molar-refractivity contribution in [3.8, 4) is 5.75 Å². The minimum absolute atomic E-state index is 0.839. The van der Waals surface area contributed by atoms with Crippen molar-refractivity contribution >= 4 is 80.0 Å². The summed E-state index contributed by atoms with van der Waals surface area (Å²) in [6, 6.07) is 73.3. The Morgan fingerprint density at radius 3 is 1.07 bits per heavy atom. The fraction of sp³-hybridized carbons (Fsp3) is 0.0357. The third-order valence-corrected chi connectivity index (χ3v) is 10.7. The minimum atomic E-state index is 0.839. The molecule has 0 spiro atoms. The summed E-state index contributed by atoms with van der Waals surface area (Å²) in [5, 5.41) is 4.92. The molecule has 9 aromatic carbocycles. The van der Waals surface area contributed by atoms with Gasteiger partial charge in [0.05, 0.1) is 7.11 Å². The highest BCUT2D eigenvalue weighted by Crippen LogP contribution is 2.37. The van der Waals surface area contributed by atoms with E-state index in [0.717, 1.165) is 51.0 Å². The first-order valence-electron chi connectivity index (χ1n) is 20.0. The molecule has 0 heterocycles. The lowest BCUT2D eigenvalue weighted by Gasteiger charge is -2.25. The topological polar surface area (TPSA) is 15.7 Å². The molecule has 0 radical (unpaired) electrons. The van der Waals surface area contributed by atoms with Gasteiger partial charge in [0.2, 0.25) is 0 Å². The van der Waals surface area contributed by atoms with Gasteiger partial charge in [-0.15, -0.1) is 0 Å². The van der Waals surface area contributed by atoms with Crippen LogP contribution in [0.3, 0.4) is 0 Å². The van der Waals surface area contributed by atoms with Crippen LogP contribution in [0.15, 0.2) is 206 Å². The van der Waals surface area contributed by atoms with Crippen molar-refractivity contribution in [1.29, 1.82) is 0 Å². The van der Waals surface area contributed by atoms with Gasteiger partial charge in [-0.3, -0.25) is 0 Å². The van der Waals surface area contributed by atoms with E-state index in [9.17, 15) is 0 Å². The number of hydrogen-bond donors (Lipinski definition) is 0. The van der Waals surface area contributed by atoms with Crippen LogP contribution in [0.1, 0.15) is 27.8 Å². The molecule has 0 amide bonds. The Hall–Kier alpha value is -7.62. The lowest BCUT2D eigenvalue weighted by atomic mass is 9.99. The molecule has 9 aromatic rings. The van der Waals surface area contributed by atoms with E-state index in [1.807, 2.05) is 18.2 Å². The molecule has 0 atom stereocenters. The zero-order valence-corrected chi connectivity index (χ0v) is 33.2. The van der Waals surface area contributed by atoms with Crippen LogP contribution < -0.4 is 14.5 Å². The van der Waals surface area contributed by atoms with Crippen LogP contribution in [0, 0.1) is 6.92 Å². The highest BCUT2D eigenvalue weighted by atomic mass is 16.5. The molecule has 0 fully saturated rings. The number of nitrogens with zero attached hydrogens (tertiary/aromatic N) is 2. The Balaban J connectivity index is 0.899. The molecule has 0 saturated heterocycles. The van der Waals surface area contributed by atoms with Crippen molar-refractivity contribution < 1.29 is 4.74 Å². The summed E-state index contributed by atoms with van der Waals surface area (Å²) < 4.78 is 5.40. The van der Waals surface area contributed by atoms with Crippen molar-refractivity contribution in [2.75, 3.05) is 16.9 Å². The number of anilines is 6. The molecule has 3 heteroatoms. The van der Waals surface area contributed by atoms with Crippen molar-refractivity contribution in [2.24, 2.45) is 0 Å². The van der Waals surface area contributed by atoms with Crippen molar-refractivity contribution in [2.45, 2.75) is 6.92 Å². The van der Waals surface area contributed by atoms with E-state index < -0.39 is 0 Å². The lowest BCUT2D eigenvalue weighted by Crippen LogP contribution is -2.09. The largest absolute Gasteiger partial charge is 0.497 e. The van der Waals surface area contributed by atoms with Gasteiger partial charge in [-0.1, -0.05) is 127 Å². The number of ether oxygens (including phenoxy) is 1. The first kappa shape index (κ1) is 37.0. The molecule has 0 aliphatic rings. The summed E-state index contributed by atoms with van der Waals surface area (Å²) in [6.07, 6.45) is 8.77. The van der Waals surface area contributed by atoms with Crippen LogP contribution in [-0.4, -0.2) is 7.11 Å². The second kappa shape index (κ2) is 16.9. The predicted octanol–water partition coefficient (Wildman–Crippen LogP) is 15.6. The molecular formula is C56H44N2O. The smallest absolute Gasteiger partial charge is 0.119 e. The molecule has 0 bridgehead atoms. The van der Waals surface area contributed by atoms with Crippen LogP contribution >= 0.6 is 0 Å². The molecule has 0 unspecified atom stereocenters. The SMILES string of the molecule is COc1ccc(N(c2ccccc2)c2ccc(/C=C\c3ccc4cc5cc(/C=C\c6ccc(N(c7ccccc7)c7ccc(C)cc7)cc6)ccc5cc4c3)cc2)cc1. The van der Waals surface area contributed by atoms with Crippen molar-refractivity contribution in [3.05, 3.63) is 234 Å². The van der Waals surface area contributed by atoms with Crippen LogP contribution in [0.25, 0.3) is 45.8 Å². The lowest BCUT2D eigenvalue weighted by molar-refractivity contribution is 0.415. The summed E-state index contributed by atoms with van der Waals surface area (Å²) in [5.41, 5.74) is 12.6. The number of aryl methyl sites for hydroxylation is 1. The highest BCUT2D eigenvalue weighted by molar-refractivity contribution is 6.00. The van der Waals surface area contributed by atoms with Crippen LogP contribution in [-0.2, 0) is 0 Å². The second-order valence-corrected chi connectivity index (χ2v) is 14.8. The molecule has 0 N–H and O–H groups in total. The number of hydrogen-bond acceptors (Lipinski definition) is 3. The maximum Gasteiger partial charge on any atom is 0.119 e. The monoisotopic (exact) mass is 760 g/mol. The maximum atomic E-state index is 5.40. The predicted molar refractivity (Wildman–Crippen MR) is 253 cm³/mol. The first-order chi connectivity index (χ1) is 29.1. The summed E-state index contributed by atoms with van der Waals surface area (Å²) in [4.78, 5) is 4.55. The van der Waals surface area contributed by atoms with E-state index in [1.165, 1.54) is 38.2 Å². The van der Waals surface area contributed by atoms with Gasteiger partial charge in [-0.05, 0) is 160 Å². The summed E-state index contributed by atoms with van der Waals surface area (Å²) >= 11 is 0. The van der Waals surface area contributed by atoms with Gasteiger partial charge < -0.3 is 14.5 Å². The minimum Gasteiger partial charge on any atom is -0.497 e. The summed E-state index contributed by atoms with van der Waals surface area (Å²) in [7, 11) is 1.69. The van der Waals surface area contributed by atoms with E-state index in [2.05, 4.69) is 229 Å². The average molecular weight is 761 g/mol. The second-order valence-electron chi connectivity index (χ2n) is 14.8. The van der Waals surface area contributed by atoms with E-state index in [-0.39, 0.29) is 0 Å². The van der Waals surface area contributed by atoms with E-state index in [1.54, 1.807) is 7.11 Å². The zero-order chi connectivity index (χ0) is 40.0. The molecule has 3 nitrogen and oxygen atoms in total. The molecule has 0 saturated carbocycles. The van der Waals surface area contributed by atoms with Gasteiger partial charge >= 0.3 is 0 Å². The fourth-order valence-electron chi connectivity index (χ4n) is 7.57. The number of para-hydroxylation sites is 2. The van der Waals surface area contributed by atoms with Gasteiger partial charge in [0.1, 0.15) is 5.75 Å².